The molecule has 1 aromatic heterocycles. The molecule has 0 bridgehead atoms. The van der Waals surface area contributed by atoms with Gasteiger partial charge in [-0.1, -0.05) is 11.6 Å². The van der Waals surface area contributed by atoms with E-state index in [0.717, 1.165) is 6.07 Å². The Balaban J connectivity index is 2.22. The van der Waals surface area contributed by atoms with Crippen molar-refractivity contribution in [3.8, 4) is 17.6 Å². The first kappa shape index (κ1) is 14.9. The summed E-state index contributed by atoms with van der Waals surface area (Å²) in [6.45, 7) is 0. The second-order valence-corrected chi connectivity index (χ2v) is 5.20. The summed E-state index contributed by atoms with van der Waals surface area (Å²) in [5.41, 5.74) is 0.896. The molecule has 0 aliphatic heterocycles. The molecule has 23 heavy (non-hydrogen) atoms. The molecule has 0 aliphatic carbocycles. The number of nitrogens with one attached hydrogen (secondary N) is 1. The maximum absolute atomic E-state index is 14.0. The highest BCUT2D eigenvalue weighted by Gasteiger charge is 2.14. The first-order valence-electron chi connectivity index (χ1n) is 6.46. The number of fused-ring (bicyclic) bond motifs is 1. The van der Waals surface area contributed by atoms with Crippen molar-refractivity contribution in [2.45, 2.75) is 0 Å². The number of nitrogens with zero attached hydrogens (tertiary/aromatic N) is 2. The molecule has 0 fully saturated rings. The number of hydrogen-bond donors (Lipinski definition) is 3. The molecule has 0 spiro atoms. The van der Waals surface area contributed by atoms with Gasteiger partial charge in [-0.3, -0.25) is 4.98 Å². The van der Waals surface area contributed by atoms with E-state index in [4.69, 9.17) is 11.6 Å². The Kier molecular flexibility index (Phi) is 3.64. The van der Waals surface area contributed by atoms with Crippen molar-refractivity contribution < 1.29 is 14.6 Å². The summed E-state index contributed by atoms with van der Waals surface area (Å²) in [7, 11) is 0. The highest BCUT2D eigenvalue weighted by Crippen LogP contribution is 2.36. The topological polar surface area (TPSA) is 89.2 Å². The lowest BCUT2D eigenvalue weighted by Crippen LogP contribution is -1.99. The maximum Gasteiger partial charge on any atom is 0.159 e. The first-order chi connectivity index (χ1) is 11.0. The number of pyridine rings is 1. The number of nitriles is 1. The lowest BCUT2D eigenvalue weighted by Gasteiger charge is -2.13. The predicted molar refractivity (Wildman–Crippen MR) is 84.5 cm³/mol. The molecule has 5 nitrogen and oxygen atoms in total. The number of hydrogen-bond acceptors (Lipinski definition) is 5. The summed E-state index contributed by atoms with van der Waals surface area (Å²) < 4.78 is 14.0. The monoisotopic (exact) mass is 329 g/mol. The van der Waals surface area contributed by atoms with Gasteiger partial charge in [0.25, 0.3) is 0 Å². The van der Waals surface area contributed by atoms with Gasteiger partial charge >= 0.3 is 0 Å². The number of rotatable bonds is 2. The Morgan fingerprint density at radius 3 is 2.61 bits per heavy atom. The van der Waals surface area contributed by atoms with Crippen LogP contribution in [0.25, 0.3) is 10.9 Å². The number of aromatic hydroxyl groups is 2. The van der Waals surface area contributed by atoms with Crippen molar-refractivity contribution in [2.24, 2.45) is 0 Å². The minimum atomic E-state index is -0.589. The number of phenols is 2. The van der Waals surface area contributed by atoms with Crippen molar-refractivity contribution in [3.05, 3.63) is 52.9 Å². The maximum atomic E-state index is 14.0. The minimum absolute atomic E-state index is 0.117. The van der Waals surface area contributed by atoms with E-state index in [-0.39, 0.29) is 33.5 Å². The Morgan fingerprint density at radius 2 is 1.91 bits per heavy atom. The molecule has 0 saturated carbocycles. The van der Waals surface area contributed by atoms with Crippen molar-refractivity contribution >= 4 is 33.9 Å². The molecule has 1 heterocycles. The molecule has 114 valence electrons. The lowest BCUT2D eigenvalue weighted by atomic mass is 10.1. The van der Waals surface area contributed by atoms with Crippen LogP contribution in [0.1, 0.15) is 5.56 Å². The molecule has 3 aromatic rings. The van der Waals surface area contributed by atoms with Crippen LogP contribution in [0.2, 0.25) is 5.02 Å². The predicted octanol–water partition coefficient (Wildman–Crippen LogP) is 4.05. The zero-order valence-electron chi connectivity index (χ0n) is 11.5. The fourth-order valence-corrected chi connectivity index (χ4v) is 2.32. The molecule has 0 unspecified atom stereocenters. The quantitative estimate of drug-likeness (QED) is 0.617. The average molecular weight is 330 g/mol. The summed E-state index contributed by atoms with van der Waals surface area (Å²) in [5, 5.41) is 31.9. The molecule has 0 aliphatic rings. The fraction of sp³-hybridized carbons (Fsp3) is 0. The van der Waals surface area contributed by atoms with Gasteiger partial charge in [0.1, 0.15) is 11.9 Å². The standard InChI is InChI=1S/C16H9ClFN3O2/c17-9-1-2-12(11(18)3-9)21-16-8(6-19)7-20-13-5-15(23)14(22)4-10(13)16/h1-5,7,22-23H,(H,20,21). The second-order valence-electron chi connectivity index (χ2n) is 4.77. The number of benzene rings is 2. The van der Waals surface area contributed by atoms with Crippen LogP contribution in [0.3, 0.4) is 0 Å². The molecular weight excluding hydrogens is 321 g/mol. The third-order valence-corrected chi connectivity index (χ3v) is 3.51. The Hall–Kier alpha value is -3.04. The van der Waals surface area contributed by atoms with Gasteiger partial charge in [0, 0.05) is 22.7 Å². The zero-order chi connectivity index (χ0) is 16.6. The van der Waals surface area contributed by atoms with Crippen molar-refractivity contribution in [1.82, 2.24) is 4.98 Å². The largest absolute Gasteiger partial charge is 0.504 e. The number of phenolic OH excluding ortho intramolecular Hbond substituents is 2. The van der Waals surface area contributed by atoms with E-state index < -0.39 is 5.82 Å². The van der Waals surface area contributed by atoms with Crippen LogP contribution >= 0.6 is 11.6 Å². The van der Waals surface area contributed by atoms with Crippen molar-refractivity contribution in [3.63, 3.8) is 0 Å². The molecule has 0 saturated heterocycles. The zero-order valence-corrected chi connectivity index (χ0v) is 12.3. The van der Waals surface area contributed by atoms with Gasteiger partial charge in [-0.25, -0.2) is 4.39 Å². The van der Waals surface area contributed by atoms with Gasteiger partial charge in [0.15, 0.2) is 11.5 Å². The van der Waals surface area contributed by atoms with Crippen LogP contribution in [-0.4, -0.2) is 15.2 Å². The molecule has 2 aromatic carbocycles. The summed E-state index contributed by atoms with van der Waals surface area (Å²) in [4.78, 5) is 4.04. The Bertz CT molecular complexity index is 970. The van der Waals surface area contributed by atoms with Crippen LogP contribution < -0.4 is 5.32 Å². The van der Waals surface area contributed by atoms with E-state index in [2.05, 4.69) is 10.3 Å². The van der Waals surface area contributed by atoms with E-state index in [9.17, 15) is 19.9 Å². The molecule has 3 rings (SSSR count). The Labute approximate surface area is 135 Å². The summed E-state index contributed by atoms with van der Waals surface area (Å²) in [5.74, 6) is -1.29. The van der Waals surface area contributed by atoms with Gasteiger partial charge < -0.3 is 15.5 Å². The van der Waals surface area contributed by atoms with Gasteiger partial charge in [0.2, 0.25) is 0 Å². The van der Waals surface area contributed by atoms with Crippen molar-refractivity contribution in [2.75, 3.05) is 5.32 Å². The third-order valence-electron chi connectivity index (χ3n) is 3.28. The average Bonchev–Trinajstić information content (AvgIpc) is 2.51. The molecule has 0 radical (unpaired) electrons. The molecular formula is C16H9ClFN3O2. The normalized spacial score (nSPS) is 10.5. The summed E-state index contributed by atoms with van der Waals surface area (Å²) in [6.07, 6.45) is 1.30. The van der Waals surface area contributed by atoms with Gasteiger partial charge in [0.05, 0.1) is 22.5 Å². The molecule has 7 heteroatoms. The van der Waals surface area contributed by atoms with Gasteiger partial charge in [-0.2, -0.15) is 5.26 Å². The van der Waals surface area contributed by atoms with Crippen LogP contribution in [0.5, 0.6) is 11.5 Å². The number of aromatic nitrogens is 1. The second kappa shape index (κ2) is 5.63. The smallest absolute Gasteiger partial charge is 0.159 e. The highest BCUT2D eigenvalue weighted by molar-refractivity contribution is 6.30. The fourth-order valence-electron chi connectivity index (χ4n) is 2.16. The van der Waals surface area contributed by atoms with Crippen LogP contribution in [-0.2, 0) is 0 Å². The summed E-state index contributed by atoms with van der Waals surface area (Å²) in [6, 6.07) is 8.56. The highest BCUT2D eigenvalue weighted by atomic mass is 35.5. The SMILES string of the molecule is N#Cc1cnc2cc(O)c(O)cc2c1Nc1ccc(Cl)cc1F. The third kappa shape index (κ3) is 2.70. The van der Waals surface area contributed by atoms with E-state index in [1.54, 1.807) is 0 Å². The van der Waals surface area contributed by atoms with E-state index in [1.165, 1.54) is 30.5 Å². The van der Waals surface area contributed by atoms with E-state index in [0.29, 0.717) is 10.9 Å². The lowest BCUT2D eigenvalue weighted by molar-refractivity contribution is 0.405. The van der Waals surface area contributed by atoms with Crippen LogP contribution in [0, 0.1) is 17.1 Å². The van der Waals surface area contributed by atoms with Gasteiger partial charge in [-0.15, -0.1) is 0 Å². The molecule has 0 atom stereocenters. The van der Waals surface area contributed by atoms with Gasteiger partial charge in [-0.05, 0) is 24.3 Å². The number of halogens is 2. The van der Waals surface area contributed by atoms with Crippen molar-refractivity contribution in [1.29, 1.82) is 5.26 Å². The Morgan fingerprint density at radius 1 is 1.17 bits per heavy atom. The van der Waals surface area contributed by atoms with Crippen LogP contribution in [0.4, 0.5) is 15.8 Å². The van der Waals surface area contributed by atoms with E-state index >= 15 is 0 Å². The molecule has 3 N–H and O–H groups in total. The van der Waals surface area contributed by atoms with E-state index in [1.807, 2.05) is 6.07 Å². The summed E-state index contributed by atoms with van der Waals surface area (Å²) >= 11 is 5.72. The first-order valence-corrected chi connectivity index (χ1v) is 6.84. The minimum Gasteiger partial charge on any atom is -0.504 e. The number of anilines is 2. The molecule has 0 amide bonds. The van der Waals surface area contributed by atoms with Crippen LogP contribution in [0.15, 0.2) is 36.5 Å².